The first-order chi connectivity index (χ1) is 6.80. The molecule has 0 bridgehead atoms. The summed E-state index contributed by atoms with van der Waals surface area (Å²) in [7, 11) is 0. The third kappa shape index (κ3) is 3.30. The van der Waals surface area contributed by atoms with E-state index in [4.69, 9.17) is 0 Å². The van der Waals surface area contributed by atoms with Crippen LogP contribution in [-0.4, -0.2) is 10.9 Å². The molecule has 1 heterocycles. The number of rotatable bonds is 1. The normalized spacial score (nSPS) is 11.3. The van der Waals surface area contributed by atoms with E-state index >= 15 is 0 Å². The summed E-state index contributed by atoms with van der Waals surface area (Å²) in [6, 6.07) is 1.92. The third-order valence-corrected chi connectivity index (χ3v) is 2.50. The molecule has 1 aromatic heterocycles. The number of aryl methyl sites for hydroxylation is 1. The van der Waals surface area contributed by atoms with Gasteiger partial charge in [0.15, 0.2) is 0 Å². The summed E-state index contributed by atoms with van der Waals surface area (Å²) in [5, 5.41) is 2.78. The number of amides is 1. The van der Waals surface area contributed by atoms with Gasteiger partial charge in [0.2, 0.25) is 5.91 Å². The summed E-state index contributed by atoms with van der Waals surface area (Å²) in [5.41, 5.74) is 0.641. The number of carbonyl (C=O) groups is 1. The van der Waals surface area contributed by atoms with Crippen molar-refractivity contribution in [3.05, 3.63) is 22.3 Å². The smallest absolute Gasteiger partial charge is 0.230 e. The zero-order chi connectivity index (χ0) is 11.6. The fourth-order valence-corrected chi connectivity index (χ4v) is 1.48. The van der Waals surface area contributed by atoms with Gasteiger partial charge in [0.25, 0.3) is 0 Å². The summed E-state index contributed by atoms with van der Waals surface area (Å²) in [5.74, 6) is 0.528. The van der Waals surface area contributed by atoms with Crippen LogP contribution < -0.4 is 5.32 Å². The van der Waals surface area contributed by atoms with Crippen LogP contribution in [0.25, 0.3) is 0 Å². The minimum atomic E-state index is -0.411. The fraction of sp³-hybridized carbons (Fsp3) is 0.455. The number of nitrogens with one attached hydrogen (secondary N) is 1. The van der Waals surface area contributed by atoms with Crippen LogP contribution in [0.15, 0.2) is 16.7 Å². The lowest BCUT2D eigenvalue weighted by Gasteiger charge is -2.17. The van der Waals surface area contributed by atoms with Gasteiger partial charge in [0, 0.05) is 11.6 Å². The number of anilines is 1. The number of hydrogen-bond acceptors (Lipinski definition) is 2. The van der Waals surface area contributed by atoms with Gasteiger partial charge in [0.1, 0.15) is 5.82 Å². The van der Waals surface area contributed by atoms with Gasteiger partial charge in [-0.15, -0.1) is 0 Å². The summed E-state index contributed by atoms with van der Waals surface area (Å²) < 4.78 is 0.806. The van der Waals surface area contributed by atoms with E-state index in [0.717, 1.165) is 10.0 Å². The Morgan fingerprint density at radius 2 is 2.07 bits per heavy atom. The van der Waals surface area contributed by atoms with Crippen molar-refractivity contribution in [2.24, 2.45) is 5.41 Å². The number of hydrogen-bond donors (Lipinski definition) is 1. The van der Waals surface area contributed by atoms with Crippen LogP contribution in [0.5, 0.6) is 0 Å². The highest BCUT2D eigenvalue weighted by atomic mass is 79.9. The van der Waals surface area contributed by atoms with Gasteiger partial charge in [-0.05, 0) is 34.5 Å². The predicted molar refractivity (Wildman–Crippen MR) is 64.8 cm³/mol. The molecule has 0 aliphatic carbocycles. The van der Waals surface area contributed by atoms with Crippen molar-refractivity contribution >= 4 is 27.7 Å². The van der Waals surface area contributed by atoms with E-state index in [2.05, 4.69) is 26.2 Å². The first-order valence-corrected chi connectivity index (χ1v) is 5.53. The van der Waals surface area contributed by atoms with Crippen LogP contribution in [0.4, 0.5) is 5.82 Å². The molecule has 0 saturated carbocycles. The highest BCUT2D eigenvalue weighted by Gasteiger charge is 2.22. The molecule has 4 heteroatoms. The minimum absolute atomic E-state index is 0.0421. The van der Waals surface area contributed by atoms with E-state index in [-0.39, 0.29) is 5.91 Å². The van der Waals surface area contributed by atoms with Crippen molar-refractivity contribution in [2.45, 2.75) is 27.7 Å². The van der Waals surface area contributed by atoms with Gasteiger partial charge in [-0.3, -0.25) is 4.79 Å². The molecule has 0 spiro atoms. The molecule has 82 valence electrons. The Hall–Kier alpha value is -0.900. The van der Waals surface area contributed by atoms with Crippen molar-refractivity contribution in [2.75, 3.05) is 5.32 Å². The van der Waals surface area contributed by atoms with E-state index in [1.165, 1.54) is 0 Å². The molecule has 15 heavy (non-hydrogen) atoms. The van der Waals surface area contributed by atoms with Crippen LogP contribution in [0.2, 0.25) is 0 Å². The molecule has 0 aromatic carbocycles. The average Bonchev–Trinajstić information content (AvgIpc) is 2.08. The van der Waals surface area contributed by atoms with E-state index in [1.54, 1.807) is 6.20 Å². The zero-order valence-electron chi connectivity index (χ0n) is 9.39. The SMILES string of the molecule is Cc1cnc(NC(=O)C(C)(C)C)c(Br)c1. The topological polar surface area (TPSA) is 42.0 Å². The second kappa shape index (κ2) is 4.31. The van der Waals surface area contributed by atoms with Crippen LogP contribution in [-0.2, 0) is 4.79 Å². The van der Waals surface area contributed by atoms with Crippen LogP contribution in [0.1, 0.15) is 26.3 Å². The zero-order valence-corrected chi connectivity index (χ0v) is 11.0. The van der Waals surface area contributed by atoms with Gasteiger partial charge in [-0.1, -0.05) is 20.8 Å². The van der Waals surface area contributed by atoms with Crippen molar-refractivity contribution < 1.29 is 4.79 Å². The molecular formula is C11H15BrN2O. The molecule has 0 atom stereocenters. The van der Waals surface area contributed by atoms with Crippen LogP contribution in [0, 0.1) is 12.3 Å². The van der Waals surface area contributed by atoms with Gasteiger partial charge in [-0.2, -0.15) is 0 Å². The highest BCUT2D eigenvalue weighted by molar-refractivity contribution is 9.10. The Labute approximate surface area is 98.4 Å². The maximum Gasteiger partial charge on any atom is 0.230 e. The summed E-state index contributed by atoms with van der Waals surface area (Å²) in [6.07, 6.45) is 1.73. The van der Waals surface area contributed by atoms with E-state index in [1.807, 2.05) is 33.8 Å². The second-order valence-corrected chi connectivity index (χ2v) is 5.40. The fourth-order valence-electron chi connectivity index (χ4n) is 0.921. The molecule has 1 aromatic rings. The molecule has 0 unspecified atom stereocenters. The second-order valence-electron chi connectivity index (χ2n) is 4.55. The molecular weight excluding hydrogens is 256 g/mol. The molecule has 0 aliphatic rings. The number of aromatic nitrogens is 1. The van der Waals surface area contributed by atoms with Gasteiger partial charge < -0.3 is 5.32 Å². The lowest BCUT2D eigenvalue weighted by molar-refractivity contribution is -0.123. The monoisotopic (exact) mass is 270 g/mol. The largest absolute Gasteiger partial charge is 0.309 e. The number of carbonyl (C=O) groups excluding carboxylic acids is 1. The van der Waals surface area contributed by atoms with Crippen LogP contribution >= 0.6 is 15.9 Å². The Balaban J connectivity index is 2.87. The molecule has 0 fully saturated rings. The van der Waals surface area contributed by atoms with Crippen molar-refractivity contribution in [1.82, 2.24) is 4.98 Å². The maximum atomic E-state index is 11.7. The van der Waals surface area contributed by atoms with Crippen molar-refractivity contribution in [3.63, 3.8) is 0 Å². The lowest BCUT2D eigenvalue weighted by Crippen LogP contribution is -2.28. The van der Waals surface area contributed by atoms with Crippen molar-refractivity contribution in [3.8, 4) is 0 Å². The molecule has 3 nitrogen and oxygen atoms in total. The van der Waals surface area contributed by atoms with E-state index in [0.29, 0.717) is 5.82 Å². The molecule has 0 saturated heterocycles. The predicted octanol–water partition coefficient (Wildman–Crippen LogP) is 3.14. The summed E-state index contributed by atoms with van der Waals surface area (Å²) in [6.45, 7) is 7.55. The number of pyridine rings is 1. The highest BCUT2D eigenvalue weighted by Crippen LogP contribution is 2.23. The molecule has 1 amide bonds. The van der Waals surface area contributed by atoms with E-state index < -0.39 is 5.41 Å². The molecule has 0 radical (unpaired) electrons. The standard InChI is InChI=1S/C11H15BrN2O/c1-7-5-8(12)9(13-6-7)14-10(15)11(2,3)4/h5-6H,1-4H3,(H,13,14,15). The van der Waals surface area contributed by atoms with Crippen molar-refractivity contribution in [1.29, 1.82) is 0 Å². The first-order valence-electron chi connectivity index (χ1n) is 4.74. The quantitative estimate of drug-likeness (QED) is 0.852. The average molecular weight is 271 g/mol. The van der Waals surface area contributed by atoms with Crippen LogP contribution in [0.3, 0.4) is 0 Å². The minimum Gasteiger partial charge on any atom is -0.309 e. The van der Waals surface area contributed by atoms with Gasteiger partial charge in [-0.25, -0.2) is 4.98 Å². The third-order valence-electron chi connectivity index (χ3n) is 1.89. The van der Waals surface area contributed by atoms with Gasteiger partial charge in [0.05, 0.1) is 4.47 Å². The number of nitrogens with zero attached hydrogens (tertiary/aromatic N) is 1. The Morgan fingerprint density at radius 1 is 1.47 bits per heavy atom. The van der Waals surface area contributed by atoms with Gasteiger partial charge >= 0.3 is 0 Å². The lowest BCUT2D eigenvalue weighted by atomic mass is 9.96. The molecule has 1 rings (SSSR count). The molecule has 1 N–H and O–H groups in total. The number of halogens is 1. The molecule has 0 aliphatic heterocycles. The summed E-state index contributed by atoms with van der Waals surface area (Å²) in [4.78, 5) is 15.9. The van der Waals surface area contributed by atoms with E-state index in [9.17, 15) is 4.79 Å². The Morgan fingerprint density at radius 3 is 2.53 bits per heavy atom. The maximum absolute atomic E-state index is 11.7. The Bertz CT molecular complexity index is 383. The first kappa shape index (κ1) is 12.2. The summed E-state index contributed by atoms with van der Waals surface area (Å²) >= 11 is 3.37. The Kier molecular flexibility index (Phi) is 3.50.